The number of nitrogens with one attached hydrogen (secondary N) is 1. The summed E-state index contributed by atoms with van der Waals surface area (Å²) in [5.41, 5.74) is 7.68. The van der Waals surface area contributed by atoms with E-state index in [4.69, 9.17) is 10.5 Å². The van der Waals surface area contributed by atoms with Crippen LogP contribution in [-0.4, -0.2) is 32.3 Å². The van der Waals surface area contributed by atoms with Crippen molar-refractivity contribution in [3.05, 3.63) is 66.9 Å². The number of carbonyl (C=O) groups is 1. The van der Waals surface area contributed by atoms with Crippen molar-refractivity contribution in [1.82, 2.24) is 14.5 Å². The predicted molar refractivity (Wildman–Crippen MR) is 111 cm³/mol. The molecule has 0 aliphatic carbocycles. The molecule has 4 rings (SSSR count). The number of benzene rings is 2. The number of nitrogens with two attached hydrogens (primary N) is 1. The van der Waals surface area contributed by atoms with E-state index >= 15 is 0 Å². The number of nitrogen functional groups attached to an aromatic ring is 1. The van der Waals surface area contributed by atoms with E-state index in [2.05, 4.69) is 15.3 Å². The van der Waals surface area contributed by atoms with E-state index in [1.54, 1.807) is 47.2 Å². The van der Waals surface area contributed by atoms with Crippen molar-refractivity contribution in [3.8, 4) is 16.9 Å². The number of aromatic nitrogens is 3. The molecule has 4 aromatic rings. The molecule has 2 aromatic heterocycles. The highest BCUT2D eigenvalue weighted by atomic mass is 19.1. The van der Waals surface area contributed by atoms with Crippen molar-refractivity contribution in [2.45, 2.75) is 6.54 Å². The molecule has 4 N–H and O–H groups in total. The van der Waals surface area contributed by atoms with E-state index in [9.17, 15) is 14.3 Å². The van der Waals surface area contributed by atoms with Crippen LogP contribution in [0.2, 0.25) is 0 Å². The molecule has 0 atom stereocenters. The first-order valence-electron chi connectivity index (χ1n) is 9.11. The smallest absolute Gasteiger partial charge is 0.410 e. The van der Waals surface area contributed by atoms with Crippen LogP contribution in [0.25, 0.3) is 22.2 Å². The third-order valence-electron chi connectivity index (χ3n) is 4.49. The summed E-state index contributed by atoms with van der Waals surface area (Å²) >= 11 is 0. The Bertz CT molecular complexity index is 1210. The fourth-order valence-electron chi connectivity index (χ4n) is 3.16. The SMILES string of the molecule is Nc1ncnc2c1c(-c1ccc(NC(=O)Oc3ccccc3)c(F)c1)cn2CCO. The normalized spacial score (nSPS) is 10.9. The molecule has 152 valence electrons. The Kier molecular flexibility index (Phi) is 5.27. The molecule has 30 heavy (non-hydrogen) atoms. The van der Waals surface area contributed by atoms with E-state index in [0.717, 1.165) is 0 Å². The molecule has 8 nitrogen and oxygen atoms in total. The number of carbonyl (C=O) groups excluding carboxylic acids is 1. The number of aliphatic hydroxyl groups excluding tert-OH is 1. The molecule has 9 heteroatoms. The molecule has 0 saturated heterocycles. The molecule has 0 radical (unpaired) electrons. The lowest BCUT2D eigenvalue weighted by Gasteiger charge is -2.09. The minimum Gasteiger partial charge on any atom is -0.410 e. The number of nitrogens with zero attached hydrogens (tertiary/aromatic N) is 3. The lowest BCUT2D eigenvalue weighted by atomic mass is 10.1. The van der Waals surface area contributed by atoms with Gasteiger partial charge in [0.2, 0.25) is 0 Å². The Morgan fingerprint density at radius 2 is 2.00 bits per heavy atom. The zero-order chi connectivity index (χ0) is 21.1. The first-order valence-corrected chi connectivity index (χ1v) is 9.11. The molecule has 0 fully saturated rings. The van der Waals surface area contributed by atoms with Gasteiger partial charge in [-0.15, -0.1) is 0 Å². The monoisotopic (exact) mass is 407 g/mol. The summed E-state index contributed by atoms with van der Waals surface area (Å²) in [7, 11) is 0. The topological polar surface area (TPSA) is 115 Å². The molecule has 0 aliphatic heterocycles. The zero-order valence-corrected chi connectivity index (χ0v) is 15.7. The average molecular weight is 407 g/mol. The van der Waals surface area contributed by atoms with Gasteiger partial charge in [-0.3, -0.25) is 5.32 Å². The third kappa shape index (κ3) is 3.78. The lowest BCUT2D eigenvalue weighted by Crippen LogP contribution is -2.17. The average Bonchev–Trinajstić information content (AvgIpc) is 3.10. The van der Waals surface area contributed by atoms with Crippen LogP contribution >= 0.6 is 0 Å². The van der Waals surface area contributed by atoms with Crippen LogP contribution in [0.5, 0.6) is 5.75 Å². The van der Waals surface area contributed by atoms with E-state index in [-0.39, 0.29) is 18.1 Å². The number of halogens is 1. The molecule has 2 aromatic carbocycles. The molecular formula is C21H18FN5O3. The quantitative estimate of drug-likeness (QED) is 0.467. The molecule has 0 saturated carbocycles. The van der Waals surface area contributed by atoms with Gasteiger partial charge in [-0.05, 0) is 29.8 Å². The van der Waals surface area contributed by atoms with Gasteiger partial charge < -0.3 is 20.1 Å². The van der Waals surface area contributed by atoms with Crippen molar-refractivity contribution in [2.24, 2.45) is 0 Å². The second-order valence-corrected chi connectivity index (χ2v) is 6.44. The summed E-state index contributed by atoms with van der Waals surface area (Å²) in [4.78, 5) is 20.3. The Morgan fingerprint density at radius 1 is 1.20 bits per heavy atom. The molecule has 2 heterocycles. The summed E-state index contributed by atoms with van der Waals surface area (Å²) < 4.78 is 21.6. The highest BCUT2D eigenvalue weighted by Gasteiger charge is 2.17. The number of anilines is 2. The van der Waals surface area contributed by atoms with Gasteiger partial charge in [0.15, 0.2) is 0 Å². The van der Waals surface area contributed by atoms with Gasteiger partial charge in [-0.2, -0.15) is 0 Å². The Balaban J connectivity index is 1.63. The minimum absolute atomic E-state index is 0.0250. The minimum atomic E-state index is -0.801. The number of fused-ring (bicyclic) bond motifs is 1. The molecule has 0 aliphatic rings. The van der Waals surface area contributed by atoms with Crippen molar-refractivity contribution in [2.75, 3.05) is 17.7 Å². The second kappa shape index (κ2) is 8.18. The van der Waals surface area contributed by atoms with E-state index in [1.165, 1.54) is 18.5 Å². The number of ether oxygens (including phenoxy) is 1. The summed E-state index contributed by atoms with van der Waals surface area (Å²) in [6, 6.07) is 12.8. The van der Waals surface area contributed by atoms with Gasteiger partial charge in [-0.25, -0.2) is 19.2 Å². The van der Waals surface area contributed by atoms with E-state index < -0.39 is 11.9 Å². The highest BCUT2D eigenvalue weighted by molar-refractivity contribution is 6.01. The summed E-state index contributed by atoms with van der Waals surface area (Å²) in [6.45, 7) is 0.217. The number of hydrogen-bond acceptors (Lipinski definition) is 6. The van der Waals surface area contributed by atoms with Gasteiger partial charge in [0, 0.05) is 18.3 Å². The van der Waals surface area contributed by atoms with Crippen molar-refractivity contribution < 1.29 is 19.0 Å². The molecule has 1 amide bonds. The Morgan fingerprint density at radius 3 is 2.73 bits per heavy atom. The van der Waals surface area contributed by atoms with Gasteiger partial charge in [0.05, 0.1) is 17.7 Å². The number of hydrogen-bond donors (Lipinski definition) is 3. The molecular weight excluding hydrogens is 389 g/mol. The second-order valence-electron chi connectivity index (χ2n) is 6.44. The Hall–Kier alpha value is -3.98. The maximum Gasteiger partial charge on any atom is 0.417 e. The van der Waals surface area contributed by atoms with Crippen LogP contribution in [0.1, 0.15) is 0 Å². The number of aliphatic hydroxyl groups is 1. The Labute approximate surface area is 170 Å². The van der Waals surface area contributed by atoms with Crippen LogP contribution in [0, 0.1) is 5.82 Å². The van der Waals surface area contributed by atoms with Crippen molar-refractivity contribution >= 4 is 28.6 Å². The van der Waals surface area contributed by atoms with Gasteiger partial charge in [0.25, 0.3) is 0 Å². The predicted octanol–water partition coefficient (Wildman–Crippen LogP) is 3.42. The lowest BCUT2D eigenvalue weighted by molar-refractivity contribution is 0.215. The zero-order valence-electron chi connectivity index (χ0n) is 15.7. The van der Waals surface area contributed by atoms with Gasteiger partial charge >= 0.3 is 6.09 Å². The van der Waals surface area contributed by atoms with Crippen LogP contribution in [0.15, 0.2) is 61.1 Å². The van der Waals surface area contributed by atoms with Crippen molar-refractivity contribution in [3.63, 3.8) is 0 Å². The molecule has 0 spiro atoms. The van der Waals surface area contributed by atoms with Gasteiger partial charge in [-0.1, -0.05) is 24.3 Å². The standard InChI is InChI=1S/C21H18FN5O3/c22-16-10-13(6-7-17(16)26-21(29)30-14-4-2-1-3-5-14)15-11-27(8-9-28)20-18(15)19(23)24-12-25-20/h1-7,10-12,28H,8-9H2,(H,26,29)(H2,23,24,25). The summed E-state index contributed by atoms with van der Waals surface area (Å²) in [6.07, 6.45) is 2.27. The van der Waals surface area contributed by atoms with Gasteiger partial charge in [0.1, 0.15) is 29.4 Å². The number of para-hydroxylation sites is 1. The maximum absolute atomic E-state index is 14.7. The molecule has 0 bridgehead atoms. The highest BCUT2D eigenvalue weighted by Crippen LogP contribution is 2.34. The first-order chi connectivity index (χ1) is 14.6. The van der Waals surface area contributed by atoms with Crippen LogP contribution < -0.4 is 15.8 Å². The first kappa shape index (κ1) is 19.3. The van der Waals surface area contributed by atoms with Crippen LogP contribution in [-0.2, 0) is 6.54 Å². The van der Waals surface area contributed by atoms with E-state index in [0.29, 0.717) is 34.5 Å². The maximum atomic E-state index is 14.7. The van der Waals surface area contributed by atoms with Crippen molar-refractivity contribution in [1.29, 1.82) is 0 Å². The number of amides is 1. The summed E-state index contributed by atoms with van der Waals surface area (Å²) in [5.74, 6) is -0.0454. The largest absolute Gasteiger partial charge is 0.417 e. The van der Waals surface area contributed by atoms with Crippen LogP contribution in [0.4, 0.5) is 20.7 Å². The summed E-state index contributed by atoms with van der Waals surface area (Å²) in [5, 5.41) is 12.2. The fourth-order valence-corrected chi connectivity index (χ4v) is 3.16. The fraction of sp³-hybridized carbons (Fsp3) is 0.0952. The number of rotatable bonds is 5. The molecule has 0 unspecified atom stereocenters. The van der Waals surface area contributed by atoms with E-state index in [1.807, 2.05) is 0 Å². The third-order valence-corrected chi connectivity index (χ3v) is 4.49. The van der Waals surface area contributed by atoms with Crippen LogP contribution in [0.3, 0.4) is 0 Å².